The minimum absolute atomic E-state index is 0.442. The van der Waals surface area contributed by atoms with Crippen LogP contribution in [0.15, 0.2) is 36.4 Å². The van der Waals surface area contributed by atoms with Gasteiger partial charge < -0.3 is 10.5 Å². The van der Waals surface area contributed by atoms with Crippen LogP contribution in [-0.4, -0.2) is 6.54 Å². The van der Waals surface area contributed by atoms with Crippen molar-refractivity contribution in [2.24, 2.45) is 5.73 Å². The van der Waals surface area contributed by atoms with Crippen molar-refractivity contribution in [3.63, 3.8) is 0 Å². The first kappa shape index (κ1) is 15.6. The van der Waals surface area contributed by atoms with E-state index < -0.39 is 0 Å². The molecule has 0 unspecified atom stereocenters. The smallest absolute Gasteiger partial charge is 0.131 e. The zero-order valence-corrected chi connectivity index (χ0v) is 13.4. The van der Waals surface area contributed by atoms with Crippen molar-refractivity contribution < 1.29 is 4.74 Å². The van der Waals surface area contributed by atoms with Gasteiger partial charge >= 0.3 is 0 Å². The molecule has 0 saturated carbocycles. The number of benzene rings is 2. The van der Waals surface area contributed by atoms with Gasteiger partial charge in [0.05, 0.1) is 0 Å². The fourth-order valence-corrected chi connectivity index (χ4v) is 2.47. The normalized spacial score (nSPS) is 11.0. The van der Waals surface area contributed by atoms with Crippen LogP contribution in [0.2, 0.25) is 0 Å². The predicted molar refractivity (Wildman–Crippen MR) is 89.3 cm³/mol. The molecule has 0 aliphatic heterocycles. The maximum atomic E-state index is 6.18. The molecular weight excluding hydrogens is 258 g/mol. The summed E-state index contributed by atoms with van der Waals surface area (Å²) in [5.41, 5.74) is 10.5. The van der Waals surface area contributed by atoms with Crippen LogP contribution in [0.3, 0.4) is 0 Å². The average molecular weight is 283 g/mol. The minimum Gasteiger partial charge on any atom is -0.457 e. The average Bonchev–Trinajstić information content (AvgIpc) is 2.42. The van der Waals surface area contributed by atoms with Crippen LogP contribution in [0.5, 0.6) is 11.5 Å². The van der Waals surface area contributed by atoms with E-state index in [0.717, 1.165) is 23.5 Å². The van der Waals surface area contributed by atoms with Crippen molar-refractivity contribution in [1.82, 2.24) is 0 Å². The Morgan fingerprint density at radius 3 is 2.38 bits per heavy atom. The van der Waals surface area contributed by atoms with Crippen molar-refractivity contribution in [2.75, 3.05) is 6.54 Å². The van der Waals surface area contributed by atoms with Gasteiger partial charge in [-0.1, -0.05) is 38.1 Å². The quantitative estimate of drug-likeness (QED) is 0.861. The lowest BCUT2D eigenvalue weighted by atomic mass is 10.0. The Morgan fingerprint density at radius 1 is 1.00 bits per heavy atom. The van der Waals surface area contributed by atoms with E-state index in [9.17, 15) is 0 Å². The second kappa shape index (κ2) is 6.77. The first-order valence-corrected chi connectivity index (χ1v) is 7.59. The molecule has 2 rings (SSSR count). The van der Waals surface area contributed by atoms with E-state index in [-0.39, 0.29) is 0 Å². The number of rotatable bonds is 5. The molecule has 0 heterocycles. The summed E-state index contributed by atoms with van der Waals surface area (Å²) < 4.78 is 6.18. The highest BCUT2D eigenvalue weighted by Crippen LogP contribution is 2.33. The van der Waals surface area contributed by atoms with Crippen LogP contribution in [0.4, 0.5) is 0 Å². The summed E-state index contributed by atoms with van der Waals surface area (Å²) in [4.78, 5) is 0. The van der Waals surface area contributed by atoms with Gasteiger partial charge in [-0.2, -0.15) is 0 Å². The van der Waals surface area contributed by atoms with E-state index in [1.165, 1.54) is 16.7 Å². The largest absolute Gasteiger partial charge is 0.457 e. The molecule has 0 bridgehead atoms. The SMILES string of the molecule is Cc1ccc(C(C)C)c(Oc2ccc(CCN)cc2C)c1. The lowest BCUT2D eigenvalue weighted by molar-refractivity contribution is 0.469. The highest BCUT2D eigenvalue weighted by atomic mass is 16.5. The molecule has 0 aliphatic rings. The Kier molecular flexibility index (Phi) is 5.03. The maximum absolute atomic E-state index is 6.18. The van der Waals surface area contributed by atoms with Crippen molar-refractivity contribution in [2.45, 2.75) is 40.0 Å². The van der Waals surface area contributed by atoms with E-state index >= 15 is 0 Å². The molecule has 2 aromatic rings. The Hall–Kier alpha value is -1.80. The van der Waals surface area contributed by atoms with Gasteiger partial charge in [-0.05, 0) is 67.1 Å². The maximum Gasteiger partial charge on any atom is 0.131 e. The van der Waals surface area contributed by atoms with Gasteiger partial charge in [-0.3, -0.25) is 0 Å². The molecule has 2 nitrogen and oxygen atoms in total. The number of hydrogen-bond acceptors (Lipinski definition) is 2. The second-order valence-corrected chi connectivity index (χ2v) is 5.94. The van der Waals surface area contributed by atoms with E-state index in [4.69, 9.17) is 10.5 Å². The zero-order valence-electron chi connectivity index (χ0n) is 13.4. The number of ether oxygens (including phenoxy) is 1. The lowest BCUT2D eigenvalue weighted by Gasteiger charge is -2.16. The van der Waals surface area contributed by atoms with Gasteiger partial charge in [-0.25, -0.2) is 0 Å². The first-order valence-electron chi connectivity index (χ1n) is 7.59. The van der Waals surface area contributed by atoms with E-state index in [2.05, 4.69) is 58.0 Å². The first-order chi connectivity index (χ1) is 10.0. The molecule has 112 valence electrons. The van der Waals surface area contributed by atoms with Gasteiger partial charge in [0.2, 0.25) is 0 Å². The van der Waals surface area contributed by atoms with Gasteiger partial charge in [-0.15, -0.1) is 0 Å². The van der Waals surface area contributed by atoms with Gasteiger partial charge in [0.1, 0.15) is 11.5 Å². The highest BCUT2D eigenvalue weighted by Gasteiger charge is 2.10. The molecule has 2 heteroatoms. The molecule has 0 radical (unpaired) electrons. The number of aryl methyl sites for hydroxylation is 2. The van der Waals surface area contributed by atoms with E-state index in [1.807, 2.05) is 6.07 Å². The molecule has 0 fully saturated rings. The third-order valence-corrected chi connectivity index (χ3v) is 3.68. The highest BCUT2D eigenvalue weighted by molar-refractivity contribution is 5.45. The lowest BCUT2D eigenvalue weighted by Crippen LogP contribution is -2.03. The third-order valence-electron chi connectivity index (χ3n) is 3.68. The molecular formula is C19H25NO. The van der Waals surface area contributed by atoms with Crippen molar-refractivity contribution in [3.8, 4) is 11.5 Å². The molecule has 0 aliphatic carbocycles. The van der Waals surface area contributed by atoms with Crippen LogP contribution in [-0.2, 0) is 6.42 Å². The van der Waals surface area contributed by atoms with E-state index in [1.54, 1.807) is 0 Å². The van der Waals surface area contributed by atoms with Crippen molar-refractivity contribution in [3.05, 3.63) is 58.7 Å². The Labute approximate surface area is 127 Å². The molecule has 0 atom stereocenters. The van der Waals surface area contributed by atoms with Crippen LogP contribution in [0, 0.1) is 13.8 Å². The van der Waals surface area contributed by atoms with Crippen molar-refractivity contribution >= 4 is 0 Å². The zero-order chi connectivity index (χ0) is 15.4. The number of nitrogens with two attached hydrogens (primary N) is 1. The fourth-order valence-electron chi connectivity index (χ4n) is 2.47. The summed E-state index contributed by atoms with van der Waals surface area (Å²) in [5, 5.41) is 0. The minimum atomic E-state index is 0.442. The molecule has 0 aromatic heterocycles. The Morgan fingerprint density at radius 2 is 1.76 bits per heavy atom. The molecule has 21 heavy (non-hydrogen) atoms. The monoisotopic (exact) mass is 283 g/mol. The summed E-state index contributed by atoms with van der Waals surface area (Å²) in [6.45, 7) is 9.23. The molecule has 0 saturated heterocycles. The third kappa shape index (κ3) is 3.85. The van der Waals surface area contributed by atoms with Gasteiger partial charge in [0, 0.05) is 0 Å². The fraction of sp³-hybridized carbons (Fsp3) is 0.368. The van der Waals surface area contributed by atoms with E-state index in [0.29, 0.717) is 12.5 Å². The summed E-state index contributed by atoms with van der Waals surface area (Å²) in [6.07, 6.45) is 0.906. The number of hydrogen-bond donors (Lipinski definition) is 1. The van der Waals surface area contributed by atoms with Crippen LogP contribution >= 0.6 is 0 Å². The Bertz CT molecular complexity index is 617. The summed E-state index contributed by atoms with van der Waals surface area (Å²) in [7, 11) is 0. The van der Waals surface area contributed by atoms with Crippen LogP contribution in [0.25, 0.3) is 0 Å². The van der Waals surface area contributed by atoms with Gasteiger partial charge in [0.15, 0.2) is 0 Å². The van der Waals surface area contributed by atoms with Crippen molar-refractivity contribution in [1.29, 1.82) is 0 Å². The van der Waals surface area contributed by atoms with Crippen LogP contribution in [0.1, 0.15) is 42.0 Å². The summed E-state index contributed by atoms with van der Waals surface area (Å²) >= 11 is 0. The molecule has 2 N–H and O–H groups in total. The molecule has 0 spiro atoms. The van der Waals surface area contributed by atoms with Gasteiger partial charge in [0.25, 0.3) is 0 Å². The second-order valence-electron chi connectivity index (χ2n) is 5.94. The van der Waals surface area contributed by atoms with Crippen LogP contribution < -0.4 is 10.5 Å². The topological polar surface area (TPSA) is 35.2 Å². The Balaban J connectivity index is 2.31. The summed E-state index contributed by atoms with van der Waals surface area (Å²) in [5.74, 6) is 2.32. The predicted octanol–water partition coefficient (Wildman–Crippen LogP) is 4.72. The summed E-state index contributed by atoms with van der Waals surface area (Å²) in [6, 6.07) is 12.7. The standard InChI is InChI=1S/C19H25NO/c1-13(2)17-7-5-14(3)11-19(17)21-18-8-6-16(9-10-20)12-15(18)4/h5-8,11-13H,9-10,20H2,1-4H3. The molecule has 0 amide bonds. The molecule has 2 aromatic carbocycles.